The average Bonchev–Trinajstić information content (AvgIpc) is 2.80. The van der Waals surface area contributed by atoms with Gasteiger partial charge in [-0.3, -0.25) is 13.9 Å². The van der Waals surface area contributed by atoms with Gasteiger partial charge in [-0.1, -0.05) is 55.3 Å². The van der Waals surface area contributed by atoms with Gasteiger partial charge in [0.15, 0.2) is 0 Å². The number of carbonyl (C=O) groups is 2. The molecule has 0 aromatic heterocycles. The highest BCUT2D eigenvalue weighted by atomic mass is 35.5. The maximum atomic E-state index is 13.3. The quantitative estimate of drug-likeness (QED) is 0.392. The molecule has 0 bridgehead atoms. The van der Waals surface area contributed by atoms with Crippen molar-refractivity contribution < 1.29 is 18.0 Å². The summed E-state index contributed by atoms with van der Waals surface area (Å²) in [5.74, 6) is -0.461. The number of rotatable bonds is 13. The molecular formula is C26H36ClN3O4S. The van der Waals surface area contributed by atoms with Gasteiger partial charge in [0.1, 0.15) is 6.04 Å². The lowest BCUT2D eigenvalue weighted by Gasteiger charge is -2.29. The zero-order chi connectivity index (χ0) is 26.0. The normalized spacial score (nSPS) is 12.1. The Morgan fingerprint density at radius 1 is 1.09 bits per heavy atom. The Morgan fingerprint density at radius 2 is 1.80 bits per heavy atom. The fourth-order valence-corrected chi connectivity index (χ4v) is 4.87. The number of amides is 2. The van der Waals surface area contributed by atoms with Crippen molar-refractivity contribution in [2.45, 2.75) is 59.0 Å². The minimum Gasteiger partial charge on any atom is -0.354 e. The van der Waals surface area contributed by atoms with Gasteiger partial charge >= 0.3 is 0 Å². The molecule has 0 saturated carbocycles. The molecule has 0 spiro atoms. The summed E-state index contributed by atoms with van der Waals surface area (Å²) in [6.07, 6.45) is 3.37. The predicted molar refractivity (Wildman–Crippen MR) is 142 cm³/mol. The molecule has 0 aliphatic carbocycles. The zero-order valence-electron chi connectivity index (χ0n) is 21.0. The van der Waals surface area contributed by atoms with Crippen LogP contribution in [0.3, 0.4) is 0 Å². The molecule has 0 fully saturated rings. The van der Waals surface area contributed by atoms with Crippen LogP contribution in [0.5, 0.6) is 0 Å². The van der Waals surface area contributed by atoms with Gasteiger partial charge in [-0.25, -0.2) is 8.42 Å². The Balaban J connectivity index is 2.15. The maximum Gasteiger partial charge on any atom is 0.242 e. The third-order valence-electron chi connectivity index (χ3n) is 5.74. The van der Waals surface area contributed by atoms with Crippen LogP contribution >= 0.6 is 11.6 Å². The third-order valence-corrected chi connectivity index (χ3v) is 7.30. The minimum absolute atomic E-state index is 0.0921. The summed E-state index contributed by atoms with van der Waals surface area (Å²) in [6.45, 7) is 6.53. The van der Waals surface area contributed by atoms with E-state index < -0.39 is 16.1 Å². The molecule has 1 atom stereocenters. The van der Waals surface area contributed by atoms with Crippen LogP contribution < -0.4 is 9.62 Å². The van der Waals surface area contributed by atoms with E-state index in [1.807, 2.05) is 38.1 Å². The second-order valence-electron chi connectivity index (χ2n) is 8.71. The minimum atomic E-state index is -3.52. The molecule has 2 amide bonds. The highest BCUT2D eigenvalue weighted by Crippen LogP contribution is 2.22. The van der Waals surface area contributed by atoms with Crippen LogP contribution in [0.25, 0.3) is 0 Å². The number of hydrogen-bond donors (Lipinski definition) is 1. The molecule has 9 heteroatoms. The fraction of sp³-hybridized carbons (Fsp3) is 0.462. The van der Waals surface area contributed by atoms with E-state index in [1.165, 1.54) is 9.21 Å². The molecule has 0 radical (unpaired) electrons. The largest absolute Gasteiger partial charge is 0.354 e. The van der Waals surface area contributed by atoms with Gasteiger partial charge in [0, 0.05) is 31.1 Å². The van der Waals surface area contributed by atoms with Gasteiger partial charge in [-0.15, -0.1) is 0 Å². The van der Waals surface area contributed by atoms with E-state index in [2.05, 4.69) is 5.32 Å². The van der Waals surface area contributed by atoms with Gasteiger partial charge in [0.2, 0.25) is 21.8 Å². The molecule has 2 rings (SSSR count). The number of aryl methyl sites for hydroxylation is 1. The third kappa shape index (κ3) is 8.85. The first kappa shape index (κ1) is 28.7. The van der Waals surface area contributed by atoms with Crippen LogP contribution in [-0.2, 0) is 26.2 Å². The van der Waals surface area contributed by atoms with Gasteiger partial charge < -0.3 is 10.2 Å². The fourth-order valence-electron chi connectivity index (χ4n) is 3.72. The van der Waals surface area contributed by atoms with Crippen LogP contribution in [0.4, 0.5) is 5.69 Å². The van der Waals surface area contributed by atoms with Crippen molar-refractivity contribution in [1.82, 2.24) is 10.2 Å². The Hall–Kier alpha value is -2.58. The molecule has 1 N–H and O–H groups in total. The standard InChI is InChI=1S/C26H36ClN3O4S/c1-5-6-16-28-26(32)21(3)29(19-22-12-7-8-14-24(22)27)25(31)15-10-17-30(35(4,33)34)23-13-9-11-20(2)18-23/h7-9,11-14,18,21H,5-6,10,15-17,19H2,1-4H3,(H,28,32)/t21-/m0/s1. The average molecular weight is 522 g/mol. The first-order valence-corrected chi connectivity index (χ1v) is 14.1. The molecular weight excluding hydrogens is 486 g/mol. The summed E-state index contributed by atoms with van der Waals surface area (Å²) < 4.78 is 26.1. The van der Waals surface area contributed by atoms with Crippen molar-refractivity contribution in [2.24, 2.45) is 0 Å². The highest BCUT2D eigenvalue weighted by Gasteiger charge is 2.27. The number of benzene rings is 2. The van der Waals surface area contributed by atoms with Crippen molar-refractivity contribution in [3.05, 3.63) is 64.7 Å². The van der Waals surface area contributed by atoms with E-state index in [9.17, 15) is 18.0 Å². The Kier molecular flexibility index (Phi) is 11.0. The summed E-state index contributed by atoms with van der Waals surface area (Å²) in [7, 11) is -3.52. The lowest BCUT2D eigenvalue weighted by atomic mass is 10.1. The topological polar surface area (TPSA) is 86.8 Å². The van der Waals surface area contributed by atoms with Crippen LogP contribution in [0, 0.1) is 6.92 Å². The Morgan fingerprint density at radius 3 is 2.43 bits per heavy atom. The molecule has 0 saturated heterocycles. The summed E-state index contributed by atoms with van der Waals surface area (Å²) in [6, 6.07) is 13.8. The van der Waals surface area contributed by atoms with E-state index >= 15 is 0 Å². The van der Waals surface area contributed by atoms with Crippen molar-refractivity contribution in [2.75, 3.05) is 23.7 Å². The zero-order valence-corrected chi connectivity index (χ0v) is 22.5. The lowest BCUT2D eigenvalue weighted by Crippen LogP contribution is -2.48. The van der Waals surface area contributed by atoms with Crippen molar-refractivity contribution in [3.8, 4) is 0 Å². The summed E-state index contributed by atoms with van der Waals surface area (Å²) in [5, 5.41) is 3.41. The molecule has 35 heavy (non-hydrogen) atoms. The van der Waals surface area contributed by atoms with Gasteiger partial charge in [0.25, 0.3) is 0 Å². The second kappa shape index (κ2) is 13.5. The Bertz CT molecular complexity index is 1110. The highest BCUT2D eigenvalue weighted by molar-refractivity contribution is 7.92. The number of carbonyl (C=O) groups excluding carboxylic acids is 2. The van der Waals surface area contributed by atoms with E-state index in [1.54, 1.807) is 31.2 Å². The number of nitrogens with one attached hydrogen (secondary N) is 1. The molecule has 192 valence electrons. The van der Waals surface area contributed by atoms with Crippen molar-refractivity contribution in [1.29, 1.82) is 0 Å². The van der Waals surface area contributed by atoms with Gasteiger partial charge in [-0.2, -0.15) is 0 Å². The molecule has 0 aliphatic heterocycles. The molecule has 2 aromatic rings. The van der Waals surface area contributed by atoms with E-state index in [0.29, 0.717) is 23.7 Å². The van der Waals surface area contributed by atoms with Crippen molar-refractivity contribution >= 4 is 39.1 Å². The first-order chi connectivity index (χ1) is 16.5. The summed E-state index contributed by atoms with van der Waals surface area (Å²) in [4.78, 5) is 27.5. The van der Waals surface area contributed by atoms with Gasteiger partial charge in [-0.05, 0) is 56.0 Å². The molecule has 2 aromatic carbocycles. The van der Waals surface area contributed by atoms with E-state index in [-0.39, 0.29) is 31.3 Å². The molecule has 0 unspecified atom stereocenters. The van der Waals surface area contributed by atoms with E-state index in [0.717, 1.165) is 30.2 Å². The number of unbranched alkanes of at least 4 members (excludes halogenated alkanes) is 1. The first-order valence-electron chi connectivity index (χ1n) is 11.9. The number of halogens is 1. The van der Waals surface area contributed by atoms with Crippen LogP contribution in [-0.4, -0.2) is 50.5 Å². The van der Waals surface area contributed by atoms with Crippen molar-refractivity contribution in [3.63, 3.8) is 0 Å². The van der Waals surface area contributed by atoms with Crippen LogP contribution in [0.15, 0.2) is 48.5 Å². The predicted octanol–water partition coefficient (Wildman–Crippen LogP) is 4.53. The van der Waals surface area contributed by atoms with Crippen LogP contribution in [0.1, 0.15) is 50.7 Å². The number of sulfonamides is 1. The molecule has 0 heterocycles. The number of nitrogens with zero attached hydrogens (tertiary/aromatic N) is 2. The summed E-state index contributed by atoms with van der Waals surface area (Å²) in [5.41, 5.74) is 2.26. The SMILES string of the molecule is CCCCNC(=O)[C@H](C)N(Cc1ccccc1Cl)C(=O)CCCN(c1cccc(C)c1)S(C)(=O)=O. The number of hydrogen-bond acceptors (Lipinski definition) is 4. The van der Waals surface area contributed by atoms with Gasteiger partial charge in [0.05, 0.1) is 11.9 Å². The Labute approximate surface area is 214 Å². The second-order valence-corrected chi connectivity index (χ2v) is 11.0. The van der Waals surface area contributed by atoms with E-state index in [4.69, 9.17) is 11.6 Å². The lowest BCUT2D eigenvalue weighted by molar-refractivity contribution is -0.140. The molecule has 7 nitrogen and oxygen atoms in total. The monoisotopic (exact) mass is 521 g/mol. The number of anilines is 1. The van der Waals surface area contributed by atoms with Crippen LogP contribution in [0.2, 0.25) is 5.02 Å². The summed E-state index contributed by atoms with van der Waals surface area (Å²) >= 11 is 6.32. The molecule has 0 aliphatic rings. The smallest absolute Gasteiger partial charge is 0.242 e. The maximum absolute atomic E-state index is 13.3.